The lowest BCUT2D eigenvalue weighted by molar-refractivity contribution is -0.118. The highest BCUT2D eigenvalue weighted by Gasteiger charge is 2.35. The van der Waals surface area contributed by atoms with E-state index in [1.165, 1.54) is 31.2 Å². The predicted molar refractivity (Wildman–Crippen MR) is 144 cm³/mol. The number of rotatable bonds is 13. The normalized spacial score (nSPS) is 19.3. The molecule has 0 radical (unpaired) electrons. The number of ether oxygens (including phenoxy) is 3. The van der Waals surface area contributed by atoms with Gasteiger partial charge in [-0.25, -0.2) is 0 Å². The largest absolute Gasteiger partial charge is 0.493 e. The first kappa shape index (κ1) is 29.3. The summed E-state index contributed by atoms with van der Waals surface area (Å²) in [6, 6.07) is 4.92. The molecule has 1 amide bonds. The van der Waals surface area contributed by atoms with Gasteiger partial charge in [0.05, 0.1) is 7.11 Å². The number of fused-ring (bicyclic) bond motifs is 1. The molecule has 0 spiro atoms. The summed E-state index contributed by atoms with van der Waals surface area (Å²) in [7, 11) is 3.95. The van der Waals surface area contributed by atoms with Gasteiger partial charge in [-0.1, -0.05) is 53.9 Å². The lowest BCUT2D eigenvalue weighted by atomic mass is 9.80. The number of carbonyl (C=O) groups excluding carboxylic acids is 1. The molecule has 6 heteroatoms. The van der Waals surface area contributed by atoms with Gasteiger partial charge < -0.3 is 24.0 Å². The van der Waals surface area contributed by atoms with Gasteiger partial charge in [-0.2, -0.15) is 0 Å². The molecule has 2 atom stereocenters. The highest BCUT2D eigenvalue weighted by atomic mass is 16.7. The van der Waals surface area contributed by atoms with E-state index in [2.05, 4.69) is 58.7 Å². The molecule has 2 unspecified atom stereocenters. The first-order valence-corrected chi connectivity index (χ1v) is 13.7. The summed E-state index contributed by atoms with van der Waals surface area (Å²) >= 11 is 0. The smallest absolute Gasteiger partial charge is 0.231 e. The van der Waals surface area contributed by atoms with Crippen molar-refractivity contribution < 1.29 is 19.0 Å². The van der Waals surface area contributed by atoms with E-state index in [1.807, 2.05) is 4.90 Å². The highest BCUT2D eigenvalue weighted by molar-refractivity contribution is 5.55. The van der Waals surface area contributed by atoms with E-state index in [0.29, 0.717) is 17.4 Å². The number of likely N-dealkylation sites (tertiary alicyclic amines) is 1. The van der Waals surface area contributed by atoms with Crippen LogP contribution in [0.25, 0.3) is 0 Å². The molecular weight excluding hydrogens is 440 g/mol. The van der Waals surface area contributed by atoms with Gasteiger partial charge in [0.25, 0.3) is 0 Å². The monoisotopic (exact) mass is 490 g/mol. The number of hydrogen-bond donors (Lipinski definition) is 0. The Labute approximate surface area is 214 Å². The fraction of sp³-hybridized carbons (Fsp3) is 0.759. The summed E-state index contributed by atoms with van der Waals surface area (Å²) in [4.78, 5) is 14.8. The fourth-order valence-corrected chi connectivity index (χ4v) is 5.30. The standard InChI is InChI=1S/C20H31NO3.C9H19NO/c1-6-7-20(2,3)11-16-8-15(12-21(16)4)14-9-17(22-5)19-18(10-14)23-13-24-19;1-3-5-7-10(9-11)8-6-4-2/h9-10,15-16H,6-8,11-13H2,1-5H3;9H,3-8H2,1-2H3. The first-order valence-electron chi connectivity index (χ1n) is 13.7. The summed E-state index contributed by atoms with van der Waals surface area (Å²) in [6.45, 7) is 14.6. The summed E-state index contributed by atoms with van der Waals surface area (Å²) in [6.07, 6.45) is 10.6. The minimum Gasteiger partial charge on any atom is -0.493 e. The van der Waals surface area contributed by atoms with Crippen LogP contribution >= 0.6 is 0 Å². The van der Waals surface area contributed by atoms with Gasteiger partial charge in [-0.15, -0.1) is 0 Å². The van der Waals surface area contributed by atoms with Crippen LogP contribution < -0.4 is 14.2 Å². The van der Waals surface area contributed by atoms with Crippen LogP contribution in [0.3, 0.4) is 0 Å². The van der Waals surface area contributed by atoms with Crippen LogP contribution in [0, 0.1) is 5.41 Å². The van der Waals surface area contributed by atoms with Crippen LogP contribution in [0.2, 0.25) is 0 Å². The van der Waals surface area contributed by atoms with Crippen LogP contribution in [-0.2, 0) is 4.79 Å². The van der Waals surface area contributed by atoms with Crippen molar-refractivity contribution in [3.63, 3.8) is 0 Å². The second kappa shape index (κ2) is 14.6. The second-order valence-corrected chi connectivity index (χ2v) is 10.9. The molecule has 2 aliphatic rings. The number of nitrogens with zero attached hydrogens (tertiary/aromatic N) is 2. The minimum atomic E-state index is 0.285. The van der Waals surface area contributed by atoms with Crippen LogP contribution in [-0.4, -0.2) is 62.8 Å². The number of benzene rings is 1. The van der Waals surface area contributed by atoms with Crippen molar-refractivity contribution in [2.24, 2.45) is 5.41 Å². The van der Waals surface area contributed by atoms with Gasteiger partial charge in [0.2, 0.25) is 19.0 Å². The summed E-state index contributed by atoms with van der Waals surface area (Å²) < 4.78 is 16.6. The Hall–Kier alpha value is -1.95. The number of methoxy groups -OCH3 is 1. The zero-order valence-electron chi connectivity index (χ0n) is 23.4. The van der Waals surface area contributed by atoms with Gasteiger partial charge in [0.1, 0.15) is 0 Å². The third kappa shape index (κ3) is 8.89. The van der Waals surface area contributed by atoms with Crippen molar-refractivity contribution in [2.75, 3.05) is 40.6 Å². The Morgan fingerprint density at radius 1 is 1.11 bits per heavy atom. The van der Waals surface area contributed by atoms with E-state index in [9.17, 15) is 4.79 Å². The average Bonchev–Trinajstić information content (AvgIpc) is 3.45. The van der Waals surface area contributed by atoms with Crippen LogP contribution in [0.15, 0.2) is 12.1 Å². The quantitative estimate of drug-likeness (QED) is 0.297. The van der Waals surface area contributed by atoms with E-state index in [1.54, 1.807) is 7.11 Å². The maximum Gasteiger partial charge on any atom is 0.231 e. The minimum absolute atomic E-state index is 0.285. The maximum atomic E-state index is 10.4. The van der Waals surface area contributed by atoms with Gasteiger partial charge in [-0.05, 0) is 68.2 Å². The molecule has 1 aromatic carbocycles. The van der Waals surface area contributed by atoms with Crippen molar-refractivity contribution in [3.8, 4) is 17.2 Å². The van der Waals surface area contributed by atoms with Crippen LogP contribution in [0.1, 0.15) is 97.5 Å². The van der Waals surface area contributed by atoms with Gasteiger partial charge in [0, 0.05) is 25.7 Å². The lowest BCUT2D eigenvalue weighted by Gasteiger charge is -2.30. The van der Waals surface area contributed by atoms with Crippen LogP contribution in [0.4, 0.5) is 0 Å². The molecule has 200 valence electrons. The van der Waals surface area contributed by atoms with Crippen molar-refractivity contribution >= 4 is 6.41 Å². The highest BCUT2D eigenvalue weighted by Crippen LogP contribution is 2.46. The molecule has 1 aromatic rings. The Balaban J connectivity index is 0.000000334. The van der Waals surface area contributed by atoms with Crippen molar-refractivity contribution in [2.45, 2.75) is 97.9 Å². The third-order valence-corrected chi connectivity index (χ3v) is 7.30. The first-order chi connectivity index (χ1) is 16.8. The molecule has 2 aliphatic heterocycles. The predicted octanol–water partition coefficient (Wildman–Crippen LogP) is 6.47. The summed E-state index contributed by atoms with van der Waals surface area (Å²) in [5, 5.41) is 0. The van der Waals surface area contributed by atoms with E-state index in [-0.39, 0.29) is 6.79 Å². The second-order valence-electron chi connectivity index (χ2n) is 10.9. The third-order valence-electron chi connectivity index (χ3n) is 7.30. The van der Waals surface area contributed by atoms with E-state index in [4.69, 9.17) is 14.2 Å². The Morgan fingerprint density at radius 3 is 2.37 bits per heavy atom. The van der Waals surface area contributed by atoms with Gasteiger partial charge >= 0.3 is 0 Å². The molecule has 1 saturated heterocycles. The van der Waals surface area contributed by atoms with E-state index in [0.717, 1.165) is 69.0 Å². The number of carbonyl (C=O) groups is 1. The molecule has 0 aliphatic carbocycles. The molecule has 6 nitrogen and oxygen atoms in total. The van der Waals surface area contributed by atoms with E-state index < -0.39 is 0 Å². The zero-order valence-corrected chi connectivity index (χ0v) is 23.4. The van der Waals surface area contributed by atoms with Gasteiger partial charge in [0.15, 0.2) is 11.5 Å². The number of hydrogen-bond acceptors (Lipinski definition) is 5. The van der Waals surface area contributed by atoms with Crippen molar-refractivity contribution in [1.29, 1.82) is 0 Å². The fourth-order valence-electron chi connectivity index (χ4n) is 5.30. The molecule has 0 N–H and O–H groups in total. The summed E-state index contributed by atoms with van der Waals surface area (Å²) in [5.41, 5.74) is 1.72. The number of amides is 1. The molecule has 1 fully saturated rings. The lowest BCUT2D eigenvalue weighted by Crippen LogP contribution is -2.30. The van der Waals surface area contributed by atoms with E-state index >= 15 is 0 Å². The molecule has 0 saturated carbocycles. The Morgan fingerprint density at radius 2 is 1.80 bits per heavy atom. The molecule has 0 aromatic heterocycles. The number of unbranched alkanes of at least 4 members (excludes halogenated alkanes) is 2. The average molecular weight is 491 g/mol. The van der Waals surface area contributed by atoms with Crippen molar-refractivity contribution in [1.82, 2.24) is 9.80 Å². The zero-order chi connectivity index (χ0) is 25.8. The summed E-state index contributed by atoms with van der Waals surface area (Å²) in [5.74, 6) is 2.88. The molecule has 35 heavy (non-hydrogen) atoms. The topological polar surface area (TPSA) is 51.2 Å². The Bertz CT molecular complexity index is 759. The van der Waals surface area contributed by atoms with Crippen molar-refractivity contribution in [3.05, 3.63) is 17.7 Å². The maximum absolute atomic E-state index is 10.4. The van der Waals surface area contributed by atoms with Gasteiger partial charge in [-0.3, -0.25) is 4.79 Å². The molecular formula is C29H50N2O4. The molecule has 0 bridgehead atoms. The van der Waals surface area contributed by atoms with Crippen LogP contribution in [0.5, 0.6) is 17.2 Å². The molecule has 2 heterocycles. The number of likely N-dealkylation sites (N-methyl/N-ethyl adjacent to an activating group) is 1. The molecule has 3 rings (SSSR count). The SMILES string of the molecule is CCCC(C)(C)CC1CC(c2cc(OC)c3c(c2)OCO3)CN1C.CCCCN(C=O)CCCC. The Kier molecular flexibility index (Phi) is 12.2.